The van der Waals surface area contributed by atoms with Crippen LogP contribution in [0.5, 0.6) is 0 Å². The Balaban J connectivity index is 1.16. The molecule has 0 aromatic heterocycles. The maximum absolute atomic E-state index is 14.3. The van der Waals surface area contributed by atoms with Crippen LogP contribution < -0.4 is 10.6 Å². The van der Waals surface area contributed by atoms with E-state index in [2.05, 4.69) is 0 Å². The molecule has 298 valence electrons. The number of rotatable bonds is 21. The topological polar surface area (TPSA) is 139 Å². The van der Waals surface area contributed by atoms with Crippen LogP contribution in [0.3, 0.4) is 0 Å². The number of carbonyl (C=O) groups is 4. The number of hydrogen-bond acceptors (Lipinski definition) is 12. The van der Waals surface area contributed by atoms with Gasteiger partial charge in [-0.15, -0.1) is 0 Å². The third kappa shape index (κ3) is 11.9. The van der Waals surface area contributed by atoms with Crippen LogP contribution in [-0.2, 0) is 37.2 Å². The van der Waals surface area contributed by atoms with Crippen LogP contribution in [0.15, 0.2) is 84.9 Å². The lowest BCUT2D eigenvalue weighted by molar-refractivity contribution is -0.144. The highest BCUT2D eigenvalue weighted by Gasteiger charge is 2.39. The van der Waals surface area contributed by atoms with Crippen molar-refractivity contribution in [1.82, 2.24) is 0 Å². The summed E-state index contributed by atoms with van der Waals surface area (Å²) in [7, 11) is -5.27. The SMILES string of the molecule is Cc1cc(C)c(C(=O)P(=O)(OCCOC(=O)CCSSCCC(=O)OCCOP(=O)(C(=O)c2ccccc2)c2c(C)cc(C)cc2C)c2ccccc2)c(C)c1. The average molecular weight is 839 g/mol. The second-order valence-electron chi connectivity index (χ2n) is 13.2. The molecule has 0 bridgehead atoms. The van der Waals surface area contributed by atoms with Gasteiger partial charge in [-0.05, 0) is 75.9 Å². The number of ether oxygens (including phenoxy) is 2. The van der Waals surface area contributed by atoms with E-state index in [0.29, 0.717) is 44.6 Å². The zero-order valence-electron chi connectivity index (χ0n) is 32.5. The molecule has 0 aliphatic rings. The van der Waals surface area contributed by atoms with Crippen molar-refractivity contribution < 1.29 is 46.8 Å². The van der Waals surface area contributed by atoms with Gasteiger partial charge < -0.3 is 18.5 Å². The third-order valence-electron chi connectivity index (χ3n) is 8.57. The van der Waals surface area contributed by atoms with Crippen molar-refractivity contribution in [1.29, 1.82) is 0 Å². The molecule has 0 radical (unpaired) electrons. The summed E-state index contributed by atoms with van der Waals surface area (Å²) in [4.78, 5) is 52.0. The molecule has 0 aliphatic carbocycles. The minimum atomic E-state index is -4.04. The fourth-order valence-corrected chi connectivity index (χ4v) is 12.6. The van der Waals surface area contributed by atoms with Crippen molar-refractivity contribution in [2.45, 2.75) is 54.4 Å². The lowest BCUT2D eigenvalue weighted by Crippen LogP contribution is -2.22. The molecular weight excluding hydrogens is 791 g/mol. The van der Waals surface area contributed by atoms with E-state index >= 15 is 0 Å². The minimum Gasteiger partial charge on any atom is -0.463 e. The number of benzene rings is 4. The summed E-state index contributed by atoms with van der Waals surface area (Å²) in [6, 6.07) is 24.1. The quantitative estimate of drug-likeness (QED) is 0.0343. The van der Waals surface area contributed by atoms with Gasteiger partial charge in [0.25, 0.3) is 11.0 Å². The molecule has 2 atom stereocenters. The molecular formula is C42H48O10P2S2. The van der Waals surface area contributed by atoms with E-state index < -0.39 is 37.7 Å². The largest absolute Gasteiger partial charge is 0.463 e. The summed E-state index contributed by atoms with van der Waals surface area (Å²) in [5.41, 5.74) is 4.17. The highest BCUT2D eigenvalue weighted by atomic mass is 33.1. The van der Waals surface area contributed by atoms with E-state index in [1.165, 1.54) is 21.6 Å². The molecule has 0 spiro atoms. The molecule has 4 rings (SSSR count). The smallest absolute Gasteiger partial charge is 0.306 e. The molecule has 10 nitrogen and oxygen atoms in total. The Morgan fingerprint density at radius 2 is 0.964 bits per heavy atom. The molecule has 2 unspecified atom stereocenters. The Bertz CT molecular complexity index is 2080. The lowest BCUT2D eigenvalue weighted by Gasteiger charge is -2.22. The van der Waals surface area contributed by atoms with Crippen LogP contribution in [-0.4, -0.2) is 60.9 Å². The molecule has 0 amide bonds. The maximum atomic E-state index is 14.3. The lowest BCUT2D eigenvalue weighted by atomic mass is 10.0. The van der Waals surface area contributed by atoms with Gasteiger partial charge in [0.05, 0.1) is 31.4 Å². The Morgan fingerprint density at radius 1 is 0.536 bits per heavy atom. The van der Waals surface area contributed by atoms with Gasteiger partial charge in [0.15, 0.2) is 0 Å². The Hall–Kier alpha value is -3.76. The molecule has 0 heterocycles. The van der Waals surface area contributed by atoms with Crippen LogP contribution in [0.4, 0.5) is 0 Å². The van der Waals surface area contributed by atoms with Crippen molar-refractivity contribution >= 4 is 69.9 Å². The molecule has 0 saturated heterocycles. The van der Waals surface area contributed by atoms with E-state index in [9.17, 15) is 28.3 Å². The van der Waals surface area contributed by atoms with Gasteiger partial charge in [0, 0.05) is 27.9 Å². The van der Waals surface area contributed by atoms with Crippen molar-refractivity contribution in [2.24, 2.45) is 0 Å². The fraction of sp³-hybridized carbons (Fsp3) is 0.333. The summed E-state index contributed by atoms with van der Waals surface area (Å²) in [6.45, 7) is 10.2. The monoisotopic (exact) mass is 838 g/mol. The van der Waals surface area contributed by atoms with Gasteiger partial charge in [-0.3, -0.25) is 28.3 Å². The van der Waals surface area contributed by atoms with Crippen molar-refractivity contribution in [3.8, 4) is 0 Å². The first kappa shape index (κ1) is 44.9. The second-order valence-corrected chi connectivity index (χ2v) is 20.4. The van der Waals surface area contributed by atoms with E-state index in [4.69, 9.17) is 18.5 Å². The molecule has 14 heteroatoms. The van der Waals surface area contributed by atoms with Crippen LogP contribution in [0.2, 0.25) is 0 Å². The minimum absolute atomic E-state index is 0.0953. The number of aryl methyl sites for hydroxylation is 6. The van der Waals surface area contributed by atoms with Crippen molar-refractivity contribution in [3.05, 3.63) is 129 Å². The van der Waals surface area contributed by atoms with E-state index in [0.717, 1.165) is 11.1 Å². The summed E-state index contributed by atoms with van der Waals surface area (Å²) in [5, 5.41) is 0.629. The van der Waals surface area contributed by atoms with Crippen LogP contribution in [0.1, 0.15) is 66.9 Å². The Kier molecular flexibility index (Phi) is 17.0. The molecule has 4 aromatic rings. The fourth-order valence-electron chi connectivity index (χ4n) is 6.31. The predicted octanol–water partition coefficient (Wildman–Crippen LogP) is 9.01. The van der Waals surface area contributed by atoms with Gasteiger partial charge in [-0.2, -0.15) is 0 Å². The summed E-state index contributed by atoms with van der Waals surface area (Å²) in [6.07, 6.45) is 0.191. The zero-order valence-corrected chi connectivity index (χ0v) is 36.0. The third-order valence-corrected chi connectivity index (χ3v) is 15.9. The van der Waals surface area contributed by atoms with E-state index in [1.807, 2.05) is 38.1 Å². The van der Waals surface area contributed by atoms with Crippen LogP contribution in [0, 0.1) is 41.5 Å². The van der Waals surface area contributed by atoms with Crippen molar-refractivity contribution in [2.75, 3.05) is 37.9 Å². The van der Waals surface area contributed by atoms with Crippen LogP contribution in [0.25, 0.3) is 0 Å². The molecule has 0 N–H and O–H groups in total. The van der Waals surface area contributed by atoms with Crippen molar-refractivity contribution in [3.63, 3.8) is 0 Å². The molecule has 56 heavy (non-hydrogen) atoms. The van der Waals surface area contributed by atoms with Gasteiger partial charge in [0.1, 0.15) is 13.2 Å². The summed E-state index contributed by atoms with van der Waals surface area (Å²) < 4.78 is 50.6. The van der Waals surface area contributed by atoms with Gasteiger partial charge in [-0.25, -0.2) is 0 Å². The maximum Gasteiger partial charge on any atom is 0.306 e. The number of carbonyl (C=O) groups excluding carboxylic acids is 4. The standard InChI is InChI=1S/C42H48O10P2S2/c1-29-25-31(3)39(32(4)26-29)42(46)53(47,36-15-11-8-12-16-36)51-21-19-49-37(43)17-23-55-56-24-18-38(44)50-20-22-52-54(48,41(45)35-13-9-7-10-14-35)40-33(5)27-30(2)28-34(40)6/h7-16,25-28H,17-24H2,1-6H3. The Labute approximate surface area is 337 Å². The van der Waals surface area contributed by atoms with Gasteiger partial charge >= 0.3 is 26.7 Å². The number of hydrogen-bond donors (Lipinski definition) is 0. The molecule has 4 aromatic carbocycles. The highest BCUT2D eigenvalue weighted by Crippen LogP contribution is 2.51. The summed E-state index contributed by atoms with van der Waals surface area (Å²) in [5.74, 6) is -0.121. The zero-order chi connectivity index (χ0) is 40.9. The van der Waals surface area contributed by atoms with E-state index in [-0.39, 0.29) is 50.1 Å². The number of esters is 2. The second kappa shape index (κ2) is 21.1. The van der Waals surface area contributed by atoms with Crippen LogP contribution >= 0.6 is 36.3 Å². The van der Waals surface area contributed by atoms with E-state index in [1.54, 1.807) is 88.4 Å². The molecule has 0 saturated carbocycles. The first-order valence-corrected chi connectivity index (χ1v) is 23.8. The summed E-state index contributed by atoms with van der Waals surface area (Å²) >= 11 is 0. The average Bonchev–Trinajstić information content (AvgIpc) is 3.16. The van der Waals surface area contributed by atoms with Gasteiger partial charge in [0.2, 0.25) is 0 Å². The normalized spacial score (nSPS) is 13.3. The van der Waals surface area contributed by atoms with Gasteiger partial charge in [-0.1, -0.05) is 106 Å². The highest BCUT2D eigenvalue weighted by molar-refractivity contribution is 8.76. The first-order valence-electron chi connectivity index (χ1n) is 18.1. The molecule has 0 aliphatic heterocycles. The first-order chi connectivity index (χ1) is 26.7. The predicted molar refractivity (Wildman–Crippen MR) is 225 cm³/mol. The molecule has 0 fully saturated rings. The Morgan fingerprint density at radius 3 is 1.45 bits per heavy atom.